The van der Waals surface area contributed by atoms with Crippen molar-refractivity contribution in [3.05, 3.63) is 76.5 Å². The average Bonchev–Trinajstić information content (AvgIpc) is 2.70. The predicted octanol–water partition coefficient (Wildman–Crippen LogP) is 6.07. The highest BCUT2D eigenvalue weighted by Gasteiger charge is 2.30. The summed E-state index contributed by atoms with van der Waals surface area (Å²) in [6, 6.07) is 9.51. The number of rotatable bonds is 7. The molecule has 2 aromatic heterocycles. The van der Waals surface area contributed by atoms with E-state index in [4.69, 9.17) is 16.3 Å². The maximum atomic E-state index is 12.6. The van der Waals surface area contributed by atoms with Crippen molar-refractivity contribution >= 4 is 11.6 Å². The molecule has 0 atom stereocenters. The molecule has 0 radical (unpaired) electrons. The van der Waals surface area contributed by atoms with Gasteiger partial charge in [-0.15, -0.1) is 0 Å². The lowest BCUT2D eigenvalue weighted by Gasteiger charge is -2.09. The van der Waals surface area contributed by atoms with Gasteiger partial charge in [0.2, 0.25) is 5.88 Å². The summed E-state index contributed by atoms with van der Waals surface area (Å²) in [5, 5.41) is 0.641. The van der Waals surface area contributed by atoms with Gasteiger partial charge in [0.1, 0.15) is 12.1 Å². The monoisotopic (exact) mass is 421 g/mol. The van der Waals surface area contributed by atoms with E-state index in [1.54, 1.807) is 18.5 Å². The van der Waals surface area contributed by atoms with Crippen LogP contribution in [0.4, 0.5) is 13.2 Å². The van der Waals surface area contributed by atoms with Crippen LogP contribution in [-0.2, 0) is 25.4 Å². The average molecular weight is 422 g/mol. The van der Waals surface area contributed by atoms with Gasteiger partial charge in [0.15, 0.2) is 0 Å². The third kappa shape index (κ3) is 5.67. The number of benzene rings is 1. The summed E-state index contributed by atoms with van der Waals surface area (Å²) < 4.78 is 43.2. The molecule has 4 nitrogen and oxygen atoms in total. The number of halogens is 4. The summed E-state index contributed by atoms with van der Waals surface area (Å²) >= 11 is 6.31. The number of aromatic nitrogens is 3. The Morgan fingerprint density at radius 2 is 1.66 bits per heavy atom. The molecule has 0 unspecified atom stereocenters. The van der Waals surface area contributed by atoms with Crippen molar-refractivity contribution < 1.29 is 17.9 Å². The first kappa shape index (κ1) is 21.0. The first-order valence-electron chi connectivity index (χ1n) is 9.15. The number of aryl methyl sites for hydroxylation is 3. The van der Waals surface area contributed by atoms with E-state index in [-0.39, 0.29) is 5.88 Å². The SMILES string of the molecule is CCc1ncnc(CCCc2ccc(Oc3ccc(C(F)(F)F)cn3)cc2)c1Cl. The molecular weight excluding hydrogens is 403 g/mol. The van der Waals surface area contributed by atoms with Crippen molar-refractivity contribution in [3.63, 3.8) is 0 Å². The molecule has 1 aromatic carbocycles. The third-order valence-electron chi connectivity index (χ3n) is 4.36. The number of hydrogen-bond donors (Lipinski definition) is 0. The maximum absolute atomic E-state index is 12.6. The van der Waals surface area contributed by atoms with Crippen molar-refractivity contribution in [1.29, 1.82) is 0 Å². The molecule has 2 heterocycles. The molecule has 0 saturated heterocycles. The van der Waals surface area contributed by atoms with E-state index in [0.29, 0.717) is 10.8 Å². The second-order valence-electron chi connectivity index (χ2n) is 6.42. The van der Waals surface area contributed by atoms with Crippen LogP contribution >= 0.6 is 11.6 Å². The van der Waals surface area contributed by atoms with Gasteiger partial charge in [0, 0.05) is 12.3 Å². The van der Waals surface area contributed by atoms with Crippen molar-refractivity contribution in [1.82, 2.24) is 15.0 Å². The lowest BCUT2D eigenvalue weighted by molar-refractivity contribution is -0.137. The lowest BCUT2D eigenvalue weighted by Crippen LogP contribution is -2.05. The molecule has 152 valence electrons. The Morgan fingerprint density at radius 1 is 0.931 bits per heavy atom. The Bertz CT molecular complexity index is 945. The maximum Gasteiger partial charge on any atom is 0.417 e. The summed E-state index contributed by atoms with van der Waals surface area (Å²) in [4.78, 5) is 12.1. The Balaban J connectivity index is 1.54. The van der Waals surface area contributed by atoms with Crippen molar-refractivity contribution in [2.75, 3.05) is 0 Å². The van der Waals surface area contributed by atoms with Gasteiger partial charge in [-0.3, -0.25) is 0 Å². The number of pyridine rings is 1. The van der Waals surface area contributed by atoms with Crippen molar-refractivity contribution in [3.8, 4) is 11.6 Å². The minimum atomic E-state index is -4.42. The normalized spacial score (nSPS) is 11.5. The summed E-state index contributed by atoms with van der Waals surface area (Å²) in [6.45, 7) is 2.00. The van der Waals surface area contributed by atoms with E-state index in [9.17, 15) is 13.2 Å². The van der Waals surface area contributed by atoms with Crippen molar-refractivity contribution in [2.45, 2.75) is 38.8 Å². The highest BCUT2D eigenvalue weighted by atomic mass is 35.5. The van der Waals surface area contributed by atoms with Gasteiger partial charge < -0.3 is 4.74 Å². The Labute approximate surface area is 171 Å². The highest BCUT2D eigenvalue weighted by Crippen LogP contribution is 2.30. The molecule has 0 spiro atoms. The zero-order valence-corrected chi connectivity index (χ0v) is 16.5. The number of nitrogens with zero attached hydrogens (tertiary/aromatic N) is 3. The van der Waals surface area contributed by atoms with Gasteiger partial charge in [-0.25, -0.2) is 15.0 Å². The Kier molecular flexibility index (Phi) is 6.69. The van der Waals surface area contributed by atoms with Crippen LogP contribution in [0, 0.1) is 0 Å². The van der Waals surface area contributed by atoms with Crippen LogP contribution in [-0.4, -0.2) is 15.0 Å². The molecule has 8 heteroatoms. The molecule has 0 aliphatic carbocycles. The van der Waals surface area contributed by atoms with Crippen LogP contribution < -0.4 is 4.74 Å². The second-order valence-corrected chi connectivity index (χ2v) is 6.79. The third-order valence-corrected chi connectivity index (χ3v) is 4.79. The van der Waals surface area contributed by atoms with Crippen LogP contribution in [0.1, 0.15) is 35.9 Å². The number of hydrogen-bond acceptors (Lipinski definition) is 4. The molecular formula is C21H19ClF3N3O. The molecule has 0 bridgehead atoms. The van der Waals surface area contributed by atoms with Crippen molar-refractivity contribution in [2.24, 2.45) is 0 Å². The van der Waals surface area contributed by atoms with Gasteiger partial charge in [-0.1, -0.05) is 30.7 Å². The molecule has 0 saturated carbocycles. The quantitative estimate of drug-likeness (QED) is 0.464. The minimum Gasteiger partial charge on any atom is -0.439 e. The minimum absolute atomic E-state index is 0.107. The van der Waals surface area contributed by atoms with E-state index in [1.165, 1.54) is 6.07 Å². The molecule has 3 rings (SSSR count). The number of alkyl halides is 3. The fourth-order valence-electron chi connectivity index (χ4n) is 2.78. The van der Waals surface area contributed by atoms with E-state index in [2.05, 4.69) is 15.0 Å². The van der Waals surface area contributed by atoms with E-state index in [0.717, 1.165) is 54.9 Å². The number of ether oxygens (including phenoxy) is 1. The highest BCUT2D eigenvalue weighted by molar-refractivity contribution is 6.31. The zero-order chi connectivity index (χ0) is 20.9. The molecule has 0 amide bonds. The van der Waals surface area contributed by atoms with E-state index in [1.807, 2.05) is 19.1 Å². The van der Waals surface area contributed by atoms with Crippen LogP contribution in [0.3, 0.4) is 0 Å². The standard InChI is InChI=1S/C21H19ClF3N3O/c1-2-17-20(22)18(28-13-27-17)5-3-4-14-6-9-16(10-7-14)29-19-11-8-15(12-26-19)21(23,24)25/h6-13H,2-5H2,1H3. The van der Waals surface area contributed by atoms with Crippen LogP contribution in [0.15, 0.2) is 48.9 Å². The van der Waals surface area contributed by atoms with E-state index < -0.39 is 11.7 Å². The molecule has 3 aromatic rings. The van der Waals surface area contributed by atoms with E-state index >= 15 is 0 Å². The molecule has 0 N–H and O–H groups in total. The molecule has 0 fully saturated rings. The largest absolute Gasteiger partial charge is 0.439 e. The van der Waals surface area contributed by atoms with Gasteiger partial charge in [0.05, 0.1) is 22.0 Å². The predicted molar refractivity (Wildman–Crippen MR) is 104 cm³/mol. The molecule has 29 heavy (non-hydrogen) atoms. The Morgan fingerprint density at radius 3 is 2.28 bits per heavy atom. The molecule has 0 aliphatic heterocycles. The van der Waals surface area contributed by atoms with Gasteiger partial charge in [-0.05, 0) is 49.4 Å². The van der Waals surface area contributed by atoms with Gasteiger partial charge in [0.25, 0.3) is 0 Å². The van der Waals surface area contributed by atoms with Gasteiger partial charge in [-0.2, -0.15) is 13.2 Å². The fraction of sp³-hybridized carbons (Fsp3) is 0.286. The lowest BCUT2D eigenvalue weighted by atomic mass is 10.1. The van der Waals surface area contributed by atoms with Gasteiger partial charge >= 0.3 is 6.18 Å². The van der Waals surface area contributed by atoms with Crippen LogP contribution in [0.2, 0.25) is 5.02 Å². The summed E-state index contributed by atoms with van der Waals surface area (Å²) in [5.74, 6) is 0.614. The summed E-state index contributed by atoms with van der Waals surface area (Å²) in [7, 11) is 0. The zero-order valence-electron chi connectivity index (χ0n) is 15.7. The fourth-order valence-corrected chi connectivity index (χ4v) is 3.11. The van der Waals surface area contributed by atoms with Crippen LogP contribution in [0.25, 0.3) is 0 Å². The first-order valence-corrected chi connectivity index (χ1v) is 9.53. The topological polar surface area (TPSA) is 47.9 Å². The summed E-state index contributed by atoms with van der Waals surface area (Å²) in [6.07, 6.45) is 1.11. The molecule has 0 aliphatic rings. The second kappa shape index (κ2) is 9.22. The van der Waals surface area contributed by atoms with Crippen LogP contribution in [0.5, 0.6) is 11.6 Å². The smallest absolute Gasteiger partial charge is 0.417 e. The Hall–Kier alpha value is -2.67. The first-order chi connectivity index (χ1) is 13.9. The summed E-state index contributed by atoms with van der Waals surface area (Å²) in [5.41, 5.74) is 2.01.